The topological polar surface area (TPSA) is 164 Å². The summed E-state index contributed by atoms with van der Waals surface area (Å²) in [6, 6.07) is 11.2. The van der Waals surface area contributed by atoms with Crippen LogP contribution in [0.25, 0.3) is 11.4 Å². The Balaban J connectivity index is 1.33. The van der Waals surface area contributed by atoms with E-state index in [1.54, 1.807) is 6.92 Å². The number of anilines is 1. The Hall–Kier alpha value is -4.68. The standard InChI is InChI=1S/C23H15N5O6S/c1-12(13-5-3-2-4-6-13)32-22(31)26-17-14(28-35-15(17)11-24)7-8-16-25-18-19(33-16)27-20(34-18)23(9-10-23)21(29)30/h2-6,12H,9-10H2,1H3,(H,26,31)(H,29,30). The van der Waals surface area contributed by atoms with Crippen LogP contribution in [0.5, 0.6) is 0 Å². The van der Waals surface area contributed by atoms with Gasteiger partial charge in [0.25, 0.3) is 17.3 Å². The second-order valence-corrected chi connectivity index (χ2v) is 8.49. The summed E-state index contributed by atoms with van der Waals surface area (Å²) in [6.07, 6.45) is -0.408. The Kier molecular flexibility index (Phi) is 5.43. The zero-order valence-corrected chi connectivity index (χ0v) is 18.9. The van der Waals surface area contributed by atoms with Crippen molar-refractivity contribution in [2.24, 2.45) is 0 Å². The minimum Gasteiger partial charge on any atom is -0.480 e. The number of aromatic nitrogens is 3. The fourth-order valence-electron chi connectivity index (χ4n) is 3.31. The molecule has 174 valence electrons. The molecule has 1 aromatic carbocycles. The lowest BCUT2D eigenvalue weighted by molar-refractivity contribution is -0.140. The third-order valence-corrected chi connectivity index (χ3v) is 6.16. The van der Waals surface area contributed by atoms with Gasteiger partial charge in [0.05, 0.1) is 0 Å². The Labute approximate surface area is 201 Å². The predicted molar refractivity (Wildman–Crippen MR) is 120 cm³/mol. The van der Waals surface area contributed by atoms with Crippen LogP contribution in [-0.4, -0.2) is 31.5 Å². The number of aliphatic carboxylic acids is 1. The van der Waals surface area contributed by atoms with E-state index in [-0.39, 0.29) is 39.5 Å². The summed E-state index contributed by atoms with van der Waals surface area (Å²) in [5.74, 6) is 4.36. The monoisotopic (exact) mass is 489 g/mol. The second-order valence-electron chi connectivity index (χ2n) is 7.72. The van der Waals surface area contributed by atoms with Crippen molar-refractivity contribution >= 4 is 40.7 Å². The molecule has 11 nitrogen and oxygen atoms in total. The van der Waals surface area contributed by atoms with E-state index in [1.165, 1.54) is 0 Å². The van der Waals surface area contributed by atoms with Gasteiger partial charge >= 0.3 is 12.1 Å². The number of fused-ring (bicyclic) bond motifs is 1. The molecule has 1 aliphatic rings. The van der Waals surface area contributed by atoms with Crippen molar-refractivity contribution in [1.82, 2.24) is 14.3 Å². The number of benzene rings is 1. The van der Waals surface area contributed by atoms with Crippen molar-refractivity contribution in [2.45, 2.75) is 31.3 Å². The van der Waals surface area contributed by atoms with Crippen molar-refractivity contribution < 1.29 is 28.3 Å². The van der Waals surface area contributed by atoms with Crippen LogP contribution < -0.4 is 5.32 Å². The van der Waals surface area contributed by atoms with Crippen molar-refractivity contribution in [3.63, 3.8) is 0 Å². The molecular formula is C23H15N5O6S. The summed E-state index contributed by atoms with van der Waals surface area (Å²) in [5.41, 5.74) is 0.00308. The molecule has 1 atom stereocenters. The van der Waals surface area contributed by atoms with E-state index >= 15 is 0 Å². The van der Waals surface area contributed by atoms with Gasteiger partial charge in [0.1, 0.15) is 28.2 Å². The van der Waals surface area contributed by atoms with Gasteiger partial charge < -0.3 is 18.7 Å². The smallest absolute Gasteiger partial charge is 0.412 e. The predicted octanol–water partition coefficient (Wildman–Crippen LogP) is 3.97. The molecule has 2 N–H and O–H groups in total. The van der Waals surface area contributed by atoms with E-state index in [0.717, 1.165) is 17.1 Å². The molecule has 0 saturated heterocycles. The summed E-state index contributed by atoms with van der Waals surface area (Å²) in [7, 11) is 0. The van der Waals surface area contributed by atoms with Gasteiger partial charge in [0.15, 0.2) is 5.69 Å². The molecule has 0 spiro atoms. The van der Waals surface area contributed by atoms with E-state index in [0.29, 0.717) is 12.8 Å². The average molecular weight is 489 g/mol. The molecule has 3 heterocycles. The molecule has 4 aromatic rings. The highest BCUT2D eigenvalue weighted by molar-refractivity contribution is 7.07. The lowest BCUT2D eigenvalue weighted by Gasteiger charge is -2.13. The number of carboxylic acid groups (broad SMARTS) is 1. The van der Waals surface area contributed by atoms with Crippen molar-refractivity contribution in [2.75, 3.05) is 5.32 Å². The van der Waals surface area contributed by atoms with E-state index < -0.39 is 23.6 Å². The molecule has 3 aromatic heterocycles. The maximum Gasteiger partial charge on any atom is 0.412 e. The van der Waals surface area contributed by atoms with E-state index in [4.69, 9.17) is 13.6 Å². The summed E-state index contributed by atoms with van der Waals surface area (Å²) in [4.78, 5) is 32.2. The number of amides is 1. The molecule has 12 heteroatoms. The number of carbonyl (C=O) groups excluding carboxylic acids is 1. The van der Waals surface area contributed by atoms with Gasteiger partial charge in [-0.05, 0) is 42.8 Å². The highest BCUT2D eigenvalue weighted by Crippen LogP contribution is 2.48. The van der Waals surface area contributed by atoms with Crippen LogP contribution in [0.1, 0.15) is 53.8 Å². The lowest BCUT2D eigenvalue weighted by atomic mass is 10.1. The molecule has 1 fully saturated rings. The van der Waals surface area contributed by atoms with Gasteiger partial charge in [-0.2, -0.15) is 19.6 Å². The number of nitriles is 1. The number of ether oxygens (including phenoxy) is 1. The van der Waals surface area contributed by atoms with E-state index in [9.17, 15) is 20.0 Å². The fraction of sp³-hybridized carbons (Fsp3) is 0.217. The first-order valence-corrected chi connectivity index (χ1v) is 11.1. The van der Waals surface area contributed by atoms with E-state index in [2.05, 4.69) is 31.5 Å². The Morgan fingerprint density at radius 1 is 1.20 bits per heavy atom. The third kappa shape index (κ3) is 4.18. The lowest BCUT2D eigenvalue weighted by Crippen LogP contribution is -2.19. The molecule has 0 bridgehead atoms. The number of hydrogen-bond acceptors (Lipinski definition) is 10. The van der Waals surface area contributed by atoms with Crippen LogP contribution in [0.4, 0.5) is 10.5 Å². The summed E-state index contributed by atoms with van der Waals surface area (Å²) in [6.45, 7) is 1.73. The van der Waals surface area contributed by atoms with Crippen LogP contribution in [0, 0.1) is 23.2 Å². The van der Waals surface area contributed by atoms with Crippen LogP contribution in [0.3, 0.4) is 0 Å². The van der Waals surface area contributed by atoms with Crippen LogP contribution in [0.15, 0.2) is 39.2 Å². The molecule has 35 heavy (non-hydrogen) atoms. The van der Waals surface area contributed by atoms with Gasteiger partial charge in [-0.3, -0.25) is 10.1 Å². The Bertz CT molecular complexity index is 1520. The summed E-state index contributed by atoms with van der Waals surface area (Å²) < 4.78 is 20.4. The number of hydrogen-bond donors (Lipinski definition) is 2. The molecule has 0 aliphatic heterocycles. The minimum atomic E-state index is -1.11. The number of rotatable bonds is 5. The van der Waals surface area contributed by atoms with Crippen molar-refractivity contribution in [3.05, 3.63) is 58.2 Å². The first-order valence-electron chi connectivity index (χ1n) is 10.4. The maximum absolute atomic E-state index is 12.4. The first kappa shape index (κ1) is 22.1. The van der Waals surface area contributed by atoms with Gasteiger partial charge in [-0.25, -0.2) is 4.79 Å². The van der Waals surface area contributed by atoms with Gasteiger partial charge in [0, 0.05) is 5.92 Å². The van der Waals surface area contributed by atoms with Crippen molar-refractivity contribution in [1.29, 1.82) is 5.26 Å². The van der Waals surface area contributed by atoms with Crippen LogP contribution in [0.2, 0.25) is 0 Å². The quantitative estimate of drug-likeness (QED) is 0.392. The molecule has 1 saturated carbocycles. The molecule has 1 amide bonds. The first-order chi connectivity index (χ1) is 16.9. The molecule has 5 rings (SSSR count). The zero-order valence-electron chi connectivity index (χ0n) is 18.1. The highest BCUT2D eigenvalue weighted by Gasteiger charge is 2.56. The molecule has 1 unspecified atom stereocenters. The van der Waals surface area contributed by atoms with E-state index in [1.807, 2.05) is 36.4 Å². The SMILES string of the molecule is CC(OC(=O)Nc1c(C#Cc2nc3oc(C4(C(=O)O)CC4)nc3o2)nsc1C#N)c1ccccc1. The number of nitrogens with one attached hydrogen (secondary N) is 1. The Morgan fingerprint density at radius 3 is 2.60 bits per heavy atom. The largest absolute Gasteiger partial charge is 0.480 e. The normalized spacial score (nSPS) is 14.4. The van der Waals surface area contributed by atoms with Gasteiger partial charge in [-0.15, -0.1) is 0 Å². The third-order valence-electron chi connectivity index (χ3n) is 5.41. The number of nitrogens with zero attached hydrogens (tertiary/aromatic N) is 4. The fourth-order valence-corrected chi connectivity index (χ4v) is 3.91. The average Bonchev–Trinajstić information content (AvgIpc) is 3.24. The molecule has 1 aliphatic carbocycles. The Morgan fingerprint density at radius 2 is 1.94 bits per heavy atom. The maximum atomic E-state index is 12.4. The highest BCUT2D eigenvalue weighted by atomic mass is 32.1. The molecular weight excluding hydrogens is 474 g/mol. The molecule has 0 radical (unpaired) electrons. The van der Waals surface area contributed by atoms with Crippen LogP contribution in [-0.2, 0) is 14.9 Å². The zero-order chi connectivity index (χ0) is 24.6. The van der Waals surface area contributed by atoms with Gasteiger partial charge in [0.2, 0.25) is 5.89 Å². The summed E-state index contributed by atoms with van der Waals surface area (Å²) in [5, 5.41) is 21.3. The number of carboxylic acids is 1. The van der Waals surface area contributed by atoms with Crippen LogP contribution >= 0.6 is 11.5 Å². The minimum absolute atomic E-state index is 0.0321. The summed E-state index contributed by atoms with van der Waals surface area (Å²) >= 11 is 0.868. The number of oxazole rings is 2. The number of carbonyl (C=O) groups is 2. The van der Waals surface area contributed by atoms with Gasteiger partial charge in [-0.1, -0.05) is 30.3 Å². The van der Waals surface area contributed by atoms with Crippen molar-refractivity contribution in [3.8, 4) is 17.9 Å². The second kappa shape index (κ2) is 8.59.